The minimum absolute atomic E-state index is 0.0184. The van der Waals surface area contributed by atoms with Gasteiger partial charge in [-0.1, -0.05) is 30.3 Å². The van der Waals surface area contributed by atoms with Gasteiger partial charge in [0.05, 0.1) is 5.92 Å². The molecule has 8 heteroatoms. The lowest BCUT2D eigenvalue weighted by Gasteiger charge is -2.16. The van der Waals surface area contributed by atoms with Crippen LogP contribution in [0.3, 0.4) is 0 Å². The molecule has 1 atom stereocenters. The molecular formula is C22H23N3O5. The molecule has 0 spiro atoms. The van der Waals surface area contributed by atoms with Crippen molar-refractivity contribution in [2.45, 2.75) is 13.0 Å². The molecule has 2 N–H and O–H groups in total. The number of carbonyl (C=O) groups is 3. The summed E-state index contributed by atoms with van der Waals surface area (Å²) in [7, 11) is 0. The van der Waals surface area contributed by atoms with Crippen LogP contribution in [0.5, 0.6) is 11.5 Å². The van der Waals surface area contributed by atoms with E-state index in [1.807, 2.05) is 30.3 Å². The molecule has 0 radical (unpaired) electrons. The lowest BCUT2D eigenvalue weighted by Crippen LogP contribution is -2.38. The molecule has 2 aromatic rings. The van der Waals surface area contributed by atoms with Gasteiger partial charge < -0.3 is 25.0 Å². The van der Waals surface area contributed by atoms with Crippen LogP contribution in [0.25, 0.3) is 0 Å². The predicted molar refractivity (Wildman–Crippen MR) is 108 cm³/mol. The van der Waals surface area contributed by atoms with Crippen LogP contribution in [0.1, 0.15) is 22.3 Å². The lowest BCUT2D eigenvalue weighted by molar-refractivity contribution is -0.129. The van der Waals surface area contributed by atoms with Crippen molar-refractivity contribution in [1.29, 1.82) is 0 Å². The molecule has 2 aromatic carbocycles. The lowest BCUT2D eigenvalue weighted by atomic mass is 10.1. The molecule has 2 heterocycles. The SMILES string of the molecule is O=C(NCCNC(=O)[C@H]1CC(=O)N(Cc2ccccc2)C1)c1ccc2c(c1)OCO2. The quantitative estimate of drug-likeness (QED) is 0.672. The Hall–Kier alpha value is -3.55. The molecule has 0 bridgehead atoms. The molecule has 0 aromatic heterocycles. The van der Waals surface area contributed by atoms with Gasteiger partial charge in [0.2, 0.25) is 18.6 Å². The smallest absolute Gasteiger partial charge is 0.251 e. The third-order valence-corrected chi connectivity index (χ3v) is 5.15. The molecule has 0 saturated carbocycles. The van der Waals surface area contributed by atoms with Crippen LogP contribution in [0.4, 0.5) is 0 Å². The molecule has 1 fully saturated rings. The van der Waals surface area contributed by atoms with E-state index in [0.29, 0.717) is 36.7 Å². The fraction of sp³-hybridized carbons (Fsp3) is 0.318. The Morgan fingerprint density at radius 2 is 1.77 bits per heavy atom. The number of likely N-dealkylation sites (tertiary alicyclic amines) is 1. The number of fused-ring (bicyclic) bond motifs is 1. The molecule has 156 valence electrons. The fourth-order valence-electron chi connectivity index (χ4n) is 3.55. The van der Waals surface area contributed by atoms with E-state index in [2.05, 4.69) is 10.6 Å². The second-order valence-corrected chi connectivity index (χ2v) is 7.28. The molecule has 1 saturated heterocycles. The average molecular weight is 409 g/mol. The summed E-state index contributed by atoms with van der Waals surface area (Å²) >= 11 is 0. The maximum Gasteiger partial charge on any atom is 0.251 e. The van der Waals surface area contributed by atoms with Crippen molar-refractivity contribution < 1.29 is 23.9 Å². The number of benzene rings is 2. The van der Waals surface area contributed by atoms with Gasteiger partial charge in [0.25, 0.3) is 5.91 Å². The Morgan fingerprint density at radius 1 is 1.00 bits per heavy atom. The van der Waals surface area contributed by atoms with E-state index >= 15 is 0 Å². The molecule has 8 nitrogen and oxygen atoms in total. The molecule has 4 rings (SSSR count). The molecule has 3 amide bonds. The van der Waals surface area contributed by atoms with Gasteiger partial charge in [-0.25, -0.2) is 0 Å². The zero-order chi connectivity index (χ0) is 20.9. The monoisotopic (exact) mass is 409 g/mol. The summed E-state index contributed by atoms with van der Waals surface area (Å²) in [4.78, 5) is 38.6. The highest BCUT2D eigenvalue weighted by molar-refractivity contribution is 5.95. The number of amides is 3. The van der Waals surface area contributed by atoms with Crippen LogP contribution < -0.4 is 20.1 Å². The largest absolute Gasteiger partial charge is 0.454 e. The zero-order valence-corrected chi connectivity index (χ0v) is 16.4. The summed E-state index contributed by atoms with van der Waals surface area (Å²) in [5, 5.41) is 5.56. The van der Waals surface area contributed by atoms with Crippen molar-refractivity contribution in [3.63, 3.8) is 0 Å². The van der Waals surface area contributed by atoms with E-state index in [4.69, 9.17) is 9.47 Å². The van der Waals surface area contributed by atoms with E-state index in [0.717, 1.165) is 5.56 Å². The Morgan fingerprint density at radius 3 is 2.60 bits per heavy atom. The Kier molecular flexibility index (Phi) is 5.83. The van der Waals surface area contributed by atoms with Crippen molar-refractivity contribution in [1.82, 2.24) is 15.5 Å². The van der Waals surface area contributed by atoms with Crippen LogP contribution >= 0.6 is 0 Å². The number of carbonyl (C=O) groups excluding carboxylic acids is 3. The van der Waals surface area contributed by atoms with E-state index in [1.165, 1.54) is 0 Å². The van der Waals surface area contributed by atoms with Crippen molar-refractivity contribution in [2.24, 2.45) is 5.92 Å². The van der Waals surface area contributed by atoms with E-state index in [9.17, 15) is 14.4 Å². The Bertz CT molecular complexity index is 947. The van der Waals surface area contributed by atoms with Gasteiger partial charge in [0, 0.05) is 38.2 Å². The second kappa shape index (κ2) is 8.86. The number of hydrogen-bond acceptors (Lipinski definition) is 5. The number of hydrogen-bond donors (Lipinski definition) is 2. The summed E-state index contributed by atoms with van der Waals surface area (Å²) in [6, 6.07) is 14.7. The molecule has 30 heavy (non-hydrogen) atoms. The first kappa shape index (κ1) is 19.8. The summed E-state index contributed by atoms with van der Waals surface area (Å²) in [6.45, 7) is 1.64. The summed E-state index contributed by atoms with van der Waals surface area (Å²) in [6.07, 6.45) is 0.211. The van der Waals surface area contributed by atoms with Crippen LogP contribution in [0.15, 0.2) is 48.5 Å². The summed E-state index contributed by atoms with van der Waals surface area (Å²) in [5.74, 6) is 0.345. The van der Waals surface area contributed by atoms with Gasteiger partial charge in [-0.15, -0.1) is 0 Å². The molecule has 0 aliphatic carbocycles. The fourth-order valence-corrected chi connectivity index (χ4v) is 3.55. The third-order valence-electron chi connectivity index (χ3n) is 5.15. The Balaban J connectivity index is 1.19. The molecular weight excluding hydrogens is 386 g/mol. The van der Waals surface area contributed by atoms with Gasteiger partial charge in [-0.3, -0.25) is 14.4 Å². The van der Waals surface area contributed by atoms with Crippen LogP contribution in [0.2, 0.25) is 0 Å². The van der Waals surface area contributed by atoms with Gasteiger partial charge in [-0.05, 0) is 23.8 Å². The van der Waals surface area contributed by atoms with Crippen molar-refractivity contribution in [3.05, 3.63) is 59.7 Å². The predicted octanol–water partition coefficient (Wildman–Crippen LogP) is 1.31. The first-order valence-electron chi connectivity index (χ1n) is 9.87. The first-order valence-corrected chi connectivity index (χ1v) is 9.87. The minimum atomic E-state index is -0.370. The van der Waals surface area contributed by atoms with Crippen LogP contribution in [0, 0.1) is 5.92 Å². The highest BCUT2D eigenvalue weighted by Crippen LogP contribution is 2.32. The number of nitrogens with one attached hydrogen (secondary N) is 2. The number of rotatable bonds is 7. The summed E-state index contributed by atoms with van der Waals surface area (Å²) < 4.78 is 10.5. The maximum absolute atomic E-state index is 12.4. The minimum Gasteiger partial charge on any atom is -0.454 e. The van der Waals surface area contributed by atoms with Crippen LogP contribution in [-0.4, -0.2) is 49.0 Å². The highest BCUT2D eigenvalue weighted by atomic mass is 16.7. The maximum atomic E-state index is 12.4. The molecule has 2 aliphatic rings. The van der Waals surface area contributed by atoms with E-state index in [-0.39, 0.29) is 43.4 Å². The van der Waals surface area contributed by atoms with E-state index in [1.54, 1.807) is 23.1 Å². The highest BCUT2D eigenvalue weighted by Gasteiger charge is 2.34. The zero-order valence-electron chi connectivity index (χ0n) is 16.4. The standard InChI is InChI=1S/C22H23N3O5/c26-20-11-17(13-25(20)12-15-4-2-1-3-5-15)22(28)24-9-8-23-21(27)16-6-7-18-19(10-16)30-14-29-18/h1-7,10,17H,8-9,11-14H2,(H,23,27)(H,24,28)/t17-/m0/s1. The Labute approximate surface area is 174 Å². The second-order valence-electron chi connectivity index (χ2n) is 7.28. The van der Waals surface area contributed by atoms with Crippen molar-refractivity contribution in [2.75, 3.05) is 26.4 Å². The van der Waals surface area contributed by atoms with Gasteiger partial charge >= 0.3 is 0 Å². The topological polar surface area (TPSA) is 97.0 Å². The van der Waals surface area contributed by atoms with Crippen molar-refractivity contribution in [3.8, 4) is 11.5 Å². The van der Waals surface area contributed by atoms with Crippen molar-refractivity contribution >= 4 is 17.7 Å². The summed E-state index contributed by atoms with van der Waals surface area (Å²) in [5.41, 5.74) is 1.50. The van der Waals surface area contributed by atoms with Crippen LogP contribution in [-0.2, 0) is 16.1 Å². The van der Waals surface area contributed by atoms with E-state index < -0.39 is 0 Å². The molecule has 0 unspecified atom stereocenters. The third kappa shape index (κ3) is 4.53. The molecule has 2 aliphatic heterocycles. The number of ether oxygens (including phenoxy) is 2. The normalized spacial score (nSPS) is 17.1. The number of nitrogens with zero attached hydrogens (tertiary/aromatic N) is 1. The average Bonchev–Trinajstić information content (AvgIpc) is 3.37. The van der Waals surface area contributed by atoms with Gasteiger partial charge in [0.15, 0.2) is 11.5 Å². The van der Waals surface area contributed by atoms with Gasteiger partial charge in [-0.2, -0.15) is 0 Å². The van der Waals surface area contributed by atoms with Gasteiger partial charge in [0.1, 0.15) is 0 Å². The first-order chi connectivity index (χ1) is 14.6.